The minimum Gasteiger partial charge on any atom is -0.492 e. The van der Waals surface area contributed by atoms with Crippen LogP contribution in [0.5, 0.6) is 5.75 Å². The molecule has 0 bridgehead atoms. The number of sulfonamides is 1. The second-order valence-electron chi connectivity index (χ2n) is 9.02. The van der Waals surface area contributed by atoms with Crippen LogP contribution in [-0.2, 0) is 19.6 Å². The van der Waals surface area contributed by atoms with Gasteiger partial charge in [0.25, 0.3) is 15.9 Å². The Hall–Kier alpha value is -4.90. The predicted octanol–water partition coefficient (Wildman–Crippen LogP) is 5.18. The van der Waals surface area contributed by atoms with Gasteiger partial charge < -0.3 is 13.9 Å². The van der Waals surface area contributed by atoms with E-state index < -0.39 is 28.4 Å². The number of nitrogens with one attached hydrogen (secondary N) is 1. The van der Waals surface area contributed by atoms with E-state index in [9.17, 15) is 18.0 Å². The van der Waals surface area contributed by atoms with Gasteiger partial charge in [0, 0.05) is 5.56 Å². The first kappa shape index (κ1) is 30.1. The summed E-state index contributed by atoms with van der Waals surface area (Å²) >= 11 is 0. The summed E-state index contributed by atoms with van der Waals surface area (Å²) in [4.78, 5) is 24.8. The minimum atomic E-state index is -4.13. The smallest absolute Gasteiger partial charge is 0.338 e. The summed E-state index contributed by atoms with van der Waals surface area (Å²) in [6.45, 7) is 5.44. The maximum Gasteiger partial charge on any atom is 0.338 e. The summed E-state index contributed by atoms with van der Waals surface area (Å²) in [5.74, 6) is 0.130. The number of hydrogen-bond donors (Lipinski definition) is 1. The van der Waals surface area contributed by atoms with Gasteiger partial charge in [-0.15, -0.1) is 0 Å². The van der Waals surface area contributed by atoms with Crippen molar-refractivity contribution in [3.8, 4) is 17.1 Å². The third-order valence-electron chi connectivity index (χ3n) is 6.02. The maximum atomic E-state index is 13.7. The molecule has 1 amide bonds. The highest BCUT2D eigenvalue weighted by Crippen LogP contribution is 2.32. The Balaban J connectivity index is 1.49. The van der Waals surface area contributed by atoms with Gasteiger partial charge in [0.15, 0.2) is 0 Å². The lowest BCUT2D eigenvalue weighted by molar-refractivity contribution is -0.119. The van der Waals surface area contributed by atoms with Gasteiger partial charge in [0.2, 0.25) is 0 Å². The van der Waals surface area contributed by atoms with E-state index in [2.05, 4.69) is 10.5 Å². The normalized spacial score (nSPS) is 11.3. The van der Waals surface area contributed by atoms with Crippen LogP contribution in [0.2, 0.25) is 0 Å². The Kier molecular flexibility index (Phi) is 9.77. The first-order valence-corrected chi connectivity index (χ1v) is 14.7. The predicted molar refractivity (Wildman–Crippen MR) is 159 cm³/mol. The van der Waals surface area contributed by atoms with E-state index in [0.717, 1.165) is 15.4 Å². The van der Waals surface area contributed by atoms with Crippen molar-refractivity contribution in [1.82, 2.24) is 5.43 Å². The summed E-state index contributed by atoms with van der Waals surface area (Å²) in [6.07, 6.45) is 1.31. The molecule has 0 unspecified atom stereocenters. The van der Waals surface area contributed by atoms with Crippen LogP contribution in [0.3, 0.4) is 0 Å². The summed E-state index contributed by atoms with van der Waals surface area (Å²) in [6, 6.07) is 23.1. The van der Waals surface area contributed by atoms with Gasteiger partial charge in [-0.25, -0.2) is 18.6 Å². The summed E-state index contributed by atoms with van der Waals surface area (Å²) < 4.78 is 44.8. The van der Waals surface area contributed by atoms with Crippen molar-refractivity contribution in [2.45, 2.75) is 25.7 Å². The number of nitrogens with zero attached hydrogens (tertiary/aromatic N) is 2. The zero-order valence-corrected chi connectivity index (χ0v) is 24.3. The van der Waals surface area contributed by atoms with Crippen LogP contribution in [0.15, 0.2) is 99.3 Å². The Labute approximate surface area is 244 Å². The molecule has 0 radical (unpaired) electrons. The summed E-state index contributed by atoms with van der Waals surface area (Å²) in [5, 5.41) is 3.95. The van der Waals surface area contributed by atoms with Crippen LogP contribution < -0.4 is 14.5 Å². The summed E-state index contributed by atoms with van der Waals surface area (Å²) in [5.41, 5.74) is 4.66. The van der Waals surface area contributed by atoms with Gasteiger partial charge in [-0.1, -0.05) is 42.0 Å². The van der Waals surface area contributed by atoms with Crippen LogP contribution >= 0.6 is 0 Å². The van der Waals surface area contributed by atoms with Crippen LogP contribution in [0.25, 0.3) is 11.3 Å². The van der Waals surface area contributed by atoms with Gasteiger partial charge in [0.05, 0.1) is 35.6 Å². The third-order valence-corrected chi connectivity index (χ3v) is 7.79. The molecule has 218 valence electrons. The van der Waals surface area contributed by atoms with E-state index in [1.165, 1.54) is 18.3 Å². The van der Waals surface area contributed by atoms with Crippen molar-refractivity contribution in [3.63, 3.8) is 0 Å². The van der Waals surface area contributed by atoms with Crippen molar-refractivity contribution >= 4 is 33.8 Å². The molecule has 0 atom stereocenters. The van der Waals surface area contributed by atoms with E-state index in [1.807, 2.05) is 6.92 Å². The van der Waals surface area contributed by atoms with E-state index in [-0.39, 0.29) is 10.6 Å². The molecule has 1 N–H and O–H groups in total. The average Bonchev–Trinajstić information content (AvgIpc) is 3.46. The molecular weight excluding hydrogens is 558 g/mol. The zero-order chi connectivity index (χ0) is 30.1. The molecule has 0 aliphatic heterocycles. The van der Waals surface area contributed by atoms with E-state index >= 15 is 0 Å². The van der Waals surface area contributed by atoms with Gasteiger partial charge in [0.1, 0.15) is 23.8 Å². The highest BCUT2D eigenvalue weighted by atomic mass is 32.2. The molecule has 0 fully saturated rings. The fourth-order valence-corrected chi connectivity index (χ4v) is 5.41. The van der Waals surface area contributed by atoms with Crippen LogP contribution in [0.1, 0.15) is 35.5 Å². The number of hydrazone groups is 1. The second kappa shape index (κ2) is 13.6. The number of ether oxygens (including phenoxy) is 2. The number of rotatable bonds is 12. The van der Waals surface area contributed by atoms with Gasteiger partial charge >= 0.3 is 5.97 Å². The molecule has 0 spiro atoms. The van der Waals surface area contributed by atoms with Crippen LogP contribution in [0, 0.1) is 6.92 Å². The average molecular weight is 590 g/mol. The standard InChI is InChI=1S/C31H31N3O7S/c1-4-39-29-9-7-6-8-27(29)34(42(37,38)26-17-10-22(3)11-18-26)21-30(35)33-32-20-25-16-19-28(41-25)23-12-14-24(15-13-23)31(36)40-5-2/h6-20H,4-5,21H2,1-3H3,(H,33,35)/b32-20+. The van der Waals surface area contributed by atoms with Crippen molar-refractivity contribution in [3.05, 3.63) is 102 Å². The molecule has 11 heteroatoms. The quantitative estimate of drug-likeness (QED) is 0.137. The van der Waals surface area contributed by atoms with Crippen molar-refractivity contribution in [2.24, 2.45) is 5.10 Å². The Morgan fingerprint density at radius 2 is 1.64 bits per heavy atom. The van der Waals surface area contributed by atoms with Crippen molar-refractivity contribution < 1.29 is 31.9 Å². The number of para-hydroxylation sites is 2. The van der Waals surface area contributed by atoms with Crippen LogP contribution in [-0.4, -0.2) is 46.3 Å². The second-order valence-corrected chi connectivity index (χ2v) is 10.9. The molecule has 0 saturated heterocycles. The van der Waals surface area contributed by atoms with Crippen molar-refractivity contribution in [2.75, 3.05) is 24.1 Å². The number of furan rings is 1. The lowest BCUT2D eigenvalue weighted by atomic mass is 10.1. The van der Waals surface area contributed by atoms with E-state index in [4.69, 9.17) is 13.9 Å². The molecule has 0 saturated carbocycles. The zero-order valence-electron chi connectivity index (χ0n) is 23.4. The largest absolute Gasteiger partial charge is 0.492 e. The number of hydrogen-bond acceptors (Lipinski definition) is 8. The molecule has 4 aromatic rings. The Morgan fingerprint density at radius 1 is 0.929 bits per heavy atom. The molecule has 0 aliphatic carbocycles. The Morgan fingerprint density at radius 3 is 2.33 bits per heavy atom. The SMILES string of the molecule is CCOC(=O)c1ccc(-c2ccc(/C=N/NC(=O)CN(c3ccccc3OCC)S(=O)(=O)c3ccc(C)cc3)o2)cc1. The third kappa shape index (κ3) is 7.24. The first-order chi connectivity index (χ1) is 20.2. The molecule has 3 aromatic carbocycles. The fraction of sp³-hybridized carbons (Fsp3) is 0.194. The first-order valence-electron chi connectivity index (χ1n) is 13.2. The topological polar surface area (TPSA) is 128 Å². The monoisotopic (exact) mass is 589 g/mol. The highest BCUT2D eigenvalue weighted by molar-refractivity contribution is 7.92. The number of benzene rings is 3. The number of carbonyl (C=O) groups excluding carboxylic acids is 2. The molecule has 4 rings (SSSR count). The number of anilines is 1. The molecule has 10 nitrogen and oxygen atoms in total. The molecule has 0 aliphatic rings. The molecule has 42 heavy (non-hydrogen) atoms. The number of amides is 1. The number of carbonyl (C=O) groups is 2. The number of esters is 1. The lowest BCUT2D eigenvalue weighted by Crippen LogP contribution is -2.39. The van der Waals surface area contributed by atoms with E-state index in [1.54, 1.807) is 86.6 Å². The van der Waals surface area contributed by atoms with Gasteiger partial charge in [-0.2, -0.15) is 5.10 Å². The van der Waals surface area contributed by atoms with Crippen LogP contribution in [0.4, 0.5) is 5.69 Å². The number of aryl methyl sites for hydroxylation is 1. The Bertz CT molecular complexity index is 1660. The van der Waals surface area contributed by atoms with Gasteiger partial charge in [-0.05, 0) is 69.3 Å². The minimum absolute atomic E-state index is 0.0362. The maximum absolute atomic E-state index is 13.7. The van der Waals surface area contributed by atoms with Crippen molar-refractivity contribution in [1.29, 1.82) is 0 Å². The lowest BCUT2D eigenvalue weighted by Gasteiger charge is -2.25. The molecule has 1 aromatic heterocycles. The fourth-order valence-electron chi connectivity index (χ4n) is 3.97. The molecule has 1 heterocycles. The highest BCUT2D eigenvalue weighted by Gasteiger charge is 2.29. The summed E-state index contributed by atoms with van der Waals surface area (Å²) in [7, 11) is -4.13. The van der Waals surface area contributed by atoms with E-state index in [0.29, 0.717) is 36.0 Å². The van der Waals surface area contributed by atoms with Gasteiger partial charge in [-0.3, -0.25) is 9.10 Å². The molecular formula is C31H31N3O7S.